The van der Waals surface area contributed by atoms with E-state index in [4.69, 9.17) is 0 Å². The Balaban J connectivity index is 2.19. The second-order valence-electron chi connectivity index (χ2n) is 9.59. The first kappa shape index (κ1) is 27.6. The third kappa shape index (κ3) is 5.72. The molecule has 8 heteroatoms. The number of halogens is 1. The Morgan fingerprint density at radius 2 is 1.25 bits per heavy atom. The number of benzene rings is 3. The van der Waals surface area contributed by atoms with Crippen LogP contribution >= 0.6 is 0 Å². The summed E-state index contributed by atoms with van der Waals surface area (Å²) in [7, 11) is 3.66. The number of aliphatic hydroxyl groups is 1. The second kappa shape index (κ2) is 11.0. The number of sulfonamides is 1. The van der Waals surface area contributed by atoms with Crippen LogP contribution in [0.1, 0.15) is 31.4 Å². The quantitative estimate of drug-likeness (QED) is 0.415. The first-order valence-corrected chi connectivity index (χ1v) is 13.4. The summed E-state index contributed by atoms with van der Waals surface area (Å²) in [5.41, 5.74) is 1.36. The van der Waals surface area contributed by atoms with Gasteiger partial charge in [-0.05, 0) is 65.6 Å². The number of hydrogen-bond donors (Lipinski definition) is 2. The van der Waals surface area contributed by atoms with Crippen molar-refractivity contribution in [3.05, 3.63) is 89.7 Å². The van der Waals surface area contributed by atoms with E-state index in [2.05, 4.69) is 4.72 Å². The minimum atomic E-state index is -4.07. The average Bonchev–Trinajstić information content (AvgIpc) is 2.86. The highest BCUT2D eigenvalue weighted by molar-refractivity contribution is 7.89. The van der Waals surface area contributed by atoms with E-state index < -0.39 is 27.5 Å². The van der Waals surface area contributed by atoms with Gasteiger partial charge >= 0.3 is 0 Å². The number of nitrogens with one attached hydrogen (secondary N) is 1. The largest absolute Gasteiger partial charge is 0.379 e. The van der Waals surface area contributed by atoms with Gasteiger partial charge in [-0.2, -0.15) is 0 Å². The molecule has 0 heterocycles. The van der Waals surface area contributed by atoms with Gasteiger partial charge in [0.2, 0.25) is 10.0 Å². The van der Waals surface area contributed by atoms with E-state index in [0.717, 1.165) is 23.5 Å². The van der Waals surface area contributed by atoms with Crippen molar-refractivity contribution >= 4 is 21.4 Å². The normalized spacial score (nSPS) is 13.8. The fraction of sp³-hybridized carbons (Fsp3) is 0.357. The molecule has 6 nitrogen and oxygen atoms in total. The molecule has 3 rings (SSSR count). The fourth-order valence-corrected chi connectivity index (χ4v) is 5.62. The molecule has 3 aromatic rings. The molecule has 0 saturated carbocycles. The van der Waals surface area contributed by atoms with E-state index in [9.17, 15) is 17.9 Å². The lowest BCUT2D eigenvalue weighted by Crippen LogP contribution is -2.54. The molecule has 0 unspecified atom stereocenters. The average molecular weight is 514 g/mol. The van der Waals surface area contributed by atoms with E-state index in [0.29, 0.717) is 17.5 Å². The van der Waals surface area contributed by atoms with Gasteiger partial charge in [-0.3, -0.25) is 0 Å². The summed E-state index contributed by atoms with van der Waals surface area (Å²) < 4.78 is 43.1. The number of rotatable bonds is 10. The molecule has 194 valence electrons. The molecule has 36 heavy (non-hydrogen) atoms. The highest BCUT2D eigenvalue weighted by Gasteiger charge is 2.45. The Kier molecular flexibility index (Phi) is 8.44. The molecular formula is C28H36FN3O3S. The maximum absolute atomic E-state index is 13.5. The maximum Gasteiger partial charge on any atom is 0.240 e. The van der Waals surface area contributed by atoms with Gasteiger partial charge < -0.3 is 14.9 Å². The highest BCUT2D eigenvalue weighted by atomic mass is 32.2. The van der Waals surface area contributed by atoms with Crippen LogP contribution < -0.4 is 14.5 Å². The molecule has 2 N–H and O–H groups in total. The Bertz CT molecular complexity index is 1190. The molecule has 0 fully saturated rings. The topological polar surface area (TPSA) is 72.9 Å². The van der Waals surface area contributed by atoms with Crippen LogP contribution in [0.15, 0.2) is 77.7 Å². The first-order valence-electron chi connectivity index (χ1n) is 12.0. The van der Waals surface area contributed by atoms with E-state index in [1.165, 1.54) is 12.1 Å². The molecule has 0 aromatic heterocycles. The maximum atomic E-state index is 13.5. The molecule has 0 aliphatic heterocycles. The van der Waals surface area contributed by atoms with Crippen LogP contribution in [0.3, 0.4) is 0 Å². The summed E-state index contributed by atoms with van der Waals surface area (Å²) in [6, 6.07) is 18.7. The smallest absolute Gasteiger partial charge is 0.240 e. The van der Waals surface area contributed by atoms with E-state index in [1.807, 2.05) is 100 Å². The zero-order valence-electron chi connectivity index (χ0n) is 21.7. The van der Waals surface area contributed by atoms with Crippen LogP contribution in [-0.4, -0.2) is 47.8 Å². The van der Waals surface area contributed by atoms with Crippen molar-refractivity contribution in [2.75, 3.05) is 38.0 Å². The minimum absolute atomic E-state index is 0.0644. The molecule has 3 aromatic carbocycles. The van der Waals surface area contributed by atoms with Gasteiger partial charge in [0.05, 0.1) is 10.9 Å². The second-order valence-corrected chi connectivity index (χ2v) is 11.3. The minimum Gasteiger partial charge on any atom is -0.379 e. The summed E-state index contributed by atoms with van der Waals surface area (Å²) in [6.45, 7) is 3.86. The molecular weight excluding hydrogens is 477 g/mol. The number of anilines is 2. The van der Waals surface area contributed by atoms with Crippen molar-refractivity contribution in [3.8, 4) is 0 Å². The van der Waals surface area contributed by atoms with Crippen molar-refractivity contribution in [1.82, 2.24) is 4.72 Å². The van der Waals surface area contributed by atoms with Gasteiger partial charge in [-0.1, -0.05) is 44.5 Å². The van der Waals surface area contributed by atoms with Gasteiger partial charge in [0.25, 0.3) is 0 Å². The van der Waals surface area contributed by atoms with Gasteiger partial charge in [-0.15, -0.1) is 0 Å². The van der Waals surface area contributed by atoms with E-state index in [-0.39, 0.29) is 10.8 Å². The molecule has 2 atom stereocenters. The van der Waals surface area contributed by atoms with Gasteiger partial charge in [0.1, 0.15) is 11.4 Å². The fourth-order valence-electron chi connectivity index (χ4n) is 4.25. The summed E-state index contributed by atoms with van der Waals surface area (Å²) >= 11 is 0. The summed E-state index contributed by atoms with van der Waals surface area (Å²) in [4.78, 5) is 3.85. The van der Waals surface area contributed by atoms with Gasteiger partial charge in [0.15, 0.2) is 0 Å². The SMILES string of the molecule is CC[C@H](C)[C@H](NS(=O)(=O)c1ccc(F)cc1)C(O)(c1ccc(N(C)C)cc1)c1ccc(N(C)C)cc1. The molecule has 0 bridgehead atoms. The van der Waals surface area contributed by atoms with Crippen molar-refractivity contribution in [2.45, 2.75) is 36.8 Å². The third-order valence-electron chi connectivity index (χ3n) is 6.72. The standard InChI is InChI=1S/C28H36FN3O3S/c1-7-20(2)27(30-36(34,35)26-18-12-23(29)13-19-26)28(33,21-8-14-24(15-9-21)31(3)4)22-10-16-25(17-11-22)32(5)6/h8-20,27,30,33H,7H2,1-6H3/t20-,27-/m0/s1. The summed E-state index contributed by atoms with van der Waals surface area (Å²) in [6.07, 6.45) is 0.616. The monoisotopic (exact) mass is 513 g/mol. The molecule has 0 aliphatic carbocycles. The zero-order chi connectivity index (χ0) is 26.7. The Morgan fingerprint density at radius 1 is 0.833 bits per heavy atom. The van der Waals surface area contributed by atoms with Crippen molar-refractivity contribution in [2.24, 2.45) is 5.92 Å². The van der Waals surface area contributed by atoms with Crippen LogP contribution in [0.5, 0.6) is 0 Å². The van der Waals surface area contributed by atoms with Crippen molar-refractivity contribution < 1.29 is 17.9 Å². The highest BCUT2D eigenvalue weighted by Crippen LogP contribution is 2.39. The molecule has 0 aliphatic rings. The van der Waals surface area contributed by atoms with Crippen LogP contribution in [-0.2, 0) is 15.6 Å². The number of hydrogen-bond acceptors (Lipinski definition) is 5. The lowest BCUT2D eigenvalue weighted by Gasteiger charge is -2.41. The molecule has 0 spiro atoms. The van der Waals surface area contributed by atoms with Crippen molar-refractivity contribution in [1.29, 1.82) is 0 Å². The lowest BCUT2D eigenvalue weighted by molar-refractivity contribution is 0.0247. The van der Waals surface area contributed by atoms with E-state index >= 15 is 0 Å². The van der Waals surface area contributed by atoms with Crippen LogP contribution in [0, 0.1) is 11.7 Å². The van der Waals surface area contributed by atoms with E-state index in [1.54, 1.807) is 0 Å². The number of nitrogens with zero attached hydrogens (tertiary/aromatic N) is 2. The van der Waals surface area contributed by atoms with Crippen molar-refractivity contribution in [3.63, 3.8) is 0 Å². The molecule has 0 saturated heterocycles. The first-order chi connectivity index (χ1) is 16.9. The lowest BCUT2D eigenvalue weighted by atomic mass is 9.75. The molecule has 0 amide bonds. The summed E-state index contributed by atoms with van der Waals surface area (Å²) in [5, 5.41) is 12.5. The van der Waals surface area contributed by atoms with Gasteiger partial charge in [0, 0.05) is 39.6 Å². The predicted molar refractivity (Wildman–Crippen MR) is 145 cm³/mol. The third-order valence-corrected chi connectivity index (χ3v) is 8.17. The zero-order valence-corrected chi connectivity index (χ0v) is 22.6. The summed E-state index contributed by atoms with van der Waals surface area (Å²) in [5.74, 6) is -0.766. The molecule has 0 radical (unpaired) electrons. The Labute approximate surface area is 214 Å². The Morgan fingerprint density at radius 3 is 1.61 bits per heavy atom. The van der Waals surface area contributed by atoms with Crippen LogP contribution in [0.2, 0.25) is 0 Å². The predicted octanol–water partition coefficient (Wildman–Crippen LogP) is 4.59. The van der Waals surface area contributed by atoms with Crippen LogP contribution in [0.4, 0.5) is 15.8 Å². The van der Waals surface area contributed by atoms with Crippen LogP contribution in [0.25, 0.3) is 0 Å². The van der Waals surface area contributed by atoms with Gasteiger partial charge in [-0.25, -0.2) is 17.5 Å². The Hall–Kier alpha value is -2.94.